The normalized spacial score (nSPS) is 12.3. The van der Waals surface area contributed by atoms with Crippen LogP contribution in [0.1, 0.15) is 18.5 Å². The topological polar surface area (TPSA) is 73.0 Å². The van der Waals surface area contributed by atoms with Crippen LogP contribution in [-0.4, -0.2) is 21.2 Å². The van der Waals surface area contributed by atoms with E-state index in [0.29, 0.717) is 13.1 Å². The molecule has 0 aliphatic heterocycles. The summed E-state index contributed by atoms with van der Waals surface area (Å²) in [6, 6.07) is 11.8. The molecule has 1 N–H and O–H groups in total. The SMILES string of the molecule is CC(NCCn1ccc([N+](=O)[O-])n1)c1ccccc1. The molecule has 100 valence electrons. The Bertz CT molecular complexity index is 539. The molecule has 1 unspecified atom stereocenters. The number of hydrogen-bond donors (Lipinski definition) is 1. The molecule has 6 heteroatoms. The van der Waals surface area contributed by atoms with Crippen molar-refractivity contribution in [2.75, 3.05) is 6.54 Å². The number of hydrogen-bond acceptors (Lipinski definition) is 4. The standard InChI is InChI=1S/C13H16N4O2/c1-11(12-5-3-2-4-6-12)14-8-10-16-9-7-13(15-16)17(18)19/h2-7,9,11,14H,8,10H2,1H3. The van der Waals surface area contributed by atoms with E-state index < -0.39 is 4.92 Å². The van der Waals surface area contributed by atoms with Crippen LogP contribution >= 0.6 is 0 Å². The largest absolute Gasteiger partial charge is 0.389 e. The molecule has 0 radical (unpaired) electrons. The highest BCUT2D eigenvalue weighted by molar-refractivity contribution is 5.18. The lowest BCUT2D eigenvalue weighted by Gasteiger charge is -2.13. The Kier molecular flexibility index (Phi) is 4.25. The zero-order valence-corrected chi connectivity index (χ0v) is 10.7. The molecule has 0 bridgehead atoms. The fourth-order valence-corrected chi connectivity index (χ4v) is 1.83. The van der Waals surface area contributed by atoms with Gasteiger partial charge in [-0.1, -0.05) is 30.3 Å². The van der Waals surface area contributed by atoms with Crippen molar-refractivity contribution in [3.8, 4) is 0 Å². The van der Waals surface area contributed by atoms with Gasteiger partial charge in [0, 0.05) is 12.6 Å². The summed E-state index contributed by atoms with van der Waals surface area (Å²) in [6.45, 7) is 3.39. The molecule has 19 heavy (non-hydrogen) atoms. The predicted octanol–water partition coefficient (Wildman–Crippen LogP) is 2.14. The number of nitro groups is 1. The molecule has 0 spiro atoms. The average molecular weight is 260 g/mol. The molecule has 1 atom stereocenters. The predicted molar refractivity (Wildman–Crippen MR) is 71.7 cm³/mol. The maximum Gasteiger partial charge on any atom is 0.389 e. The summed E-state index contributed by atoms with van der Waals surface area (Å²) in [7, 11) is 0. The second-order valence-corrected chi connectivity index (χ2v) is 4.28. The minimum atomic E-state index is -0.490. The highest BCUT2D eigenvalue weighted by Crippen LogP contribution is 2.10. The number of rotatable bonds is 6. The lowest BCUT2D eigenvalue weighted by molar-refractivity contribution is -0.389. The van der Waals surface area contributed by atoms with Gasteiger partial charge in [0.2, 0.25) is 0 Å². The van der Waals surface area contributed by atoms with E-state index in [2.05, 4.69) is 29.5 Å². The van der Waals surface area contributed by atoms with Crippen LogP contribution in [0.3, 0.4) is 0 Å². The van der Waals surface area contributed by atoms with Crippen molar-refractivity contribution in [3.05, 3.63) is 58.3 Å². The van der Waals surface area contributed by atoms with E-state index in [1.165, 1.54) is 11.6 Å². The first-order valence-electron chi connectivity index (χ1n) is 6.13. The first-order valence-corrected chi connectivity index (χ1v) is 6.13. The van der Waals surface area contributed by atoms with E-state index in [1.54, 1.807) is 10.9 Å². The van der Waals surface area contributed by atoms with E-state index >= 15 is 0 Å². The zero-order chi connectivity index (χ0) is 13.7. The molecule has 0 aliphatic carbocycles. The molecule has 0 saturated carbocycles. The molecule has 0 amide bonds. The van der Waals surface area contributed by atoms with E-state index in [4.69, 9.17) is 0 Å². The third-order valence-corrected chi connectivity index (χ3v) is 2.90. The van der Waals surface area contributed by atoms with Crippen LogP contribution in [0.25, 0.3) is 0 Å². The van der Waals surface area contributed by atoms with Gasteiger partial charge in [0.05, 0.1) is 23.9 Å². The van der Waals surface area contributed by atoms with Gasteiger partial charge in [0.15, 0.2) is 0 Å². The molecular formula is C13H16N4O2. The minimum Gasteiger partial charge on any atom is -0.358 e. The Balaban J connectivity index is 1.81. The van der Waals surface area contributed by atoms with Gasteiger partial charge in [0.1, 0.15) is 0 Å². The maximum atomic E-state index is 10.5. The van der Waals surface area contributed by atoms with E-state index in [1.807, 2.05) is 18.2 Å². The first-order chi connectivity index (χ1) is 9.16. The van der Waals surface area contributed by atoms with Crippen LogP contribution in [0, 0.1) is 10.1 Å². The van der Waals surface area contributed by atoms with Gasteiger partial charge in [0.25, 0.3) is 0 Å². The smallest absolute Gasteiger partial charge is 0.358 e. The molecule has 2 rings (SSSR count). The fourth-order valence-electron chi connectivity index (χ4n) is 1.83. The second-order valence-electron chi connectivity index (χ2n) is 4.28. The summed E-state index contributed by atoms with van der Waals surface area (Å²) in [4.78, 5) is 10.0. The van der Waals surface area contributed by atoms with Gasteiger partial charge in [-0.25, -0.2) is 0 Å². The van der Waals surface area contributed by atoms with Crippen LogP contribution in [0.2, 0.25) is 0 Å². The summed E-state index contributed by atoms with van der Waals surface area (Å²) in [5.74, 6) is -0.115. The third kappa shape index (κ3) is 3.62. The molecule has 0 fully saturated rings. The first kappa shape index (κ1) is 13.2. The van der Waals surface area contributed by atoms with Crippen LogP contribution < -0.4 is 5.32 Å². The van der Waals surface area contributed by atoms with E-state index in [9.17, 15) is 10.1 Å². The van der Waals surface area contributed by atoms with Gasteiger partial charge >= 0.3 is 5.82 Å². The Labute approximate surface area is 111 Å². The number of aromatic nitrogens is 2. The van der Waals surface area contributed by atoms with Crippen molar-refractivity contribution in [1.82, 2.24) is 15.1 Å². The van der Waals surface area contributed by atoms with Crippen LogP contribution in [0.15, 0.2) is 42.6 Å². The van der Waals surface area contributed by atoms with E-state index in [-0.39, 0.29) is 11.9 Å². The van der Waals surface area contributed by atoms with Gasteiger partial charge < -0.3 is 15.4 Å². The molecule has 0 aliphatic rings. The molecule has 2 aromatic rings. The lowest BCUT2D eigenvalue weighted by Crippen LogP contribution is -2.23. The maximum absolute atomic E-state index is 10.5. The molecule has 1 aromatic heterocycles. The summed E-state index contributed by atoms with van der Waals surface area (Å²) in [5.41, 5.74) is 1.22. The van der Waals surface area contributed by atoms with Crippen LogP contribution in [0.5, 0.6) is 0 Å². The van der Waals surface area contributed by atoms with Crippen LogP contribution in [-0.2, 0) is 6.54 Å². The summed E-state index contributed by atoms with van der Waals surface area (Å²) >= 11 is 0. The molecule has 6 nitrogen and oxygen atoms in total. The Morgan fingerprint density at radius 1 is 1.37 bits per heavy atom. The number of benzene rings is 1. The monoisotopic (exact) mass is 260 g/mol. The van der Waals surface area contributed by atoms with Gasteiger partial charge in [-0.15, -0.1) is 0 Å². The quantitative estimate of drug-likeness (QED) is 0.638. The van der Waals surface area contributed by atoms with Crippen molar-refractivity contribution in [3.63, 3.8) is 0 Å². The van der Waals surface area contributed by atoms with Crippen molar-refractivity contribution in [1.29, 1.82) is 0 Å². The lowest BCUT2D eigenvalue weighted by atomic mass is 10.1. The highest BCUT2D eigenvalue weighted by Gasteiger charge is 2.10. The van der Waals surface area contributed by atoms with Crippen molar-refractivity contribution < 1.29 is 4.92 Å². The summed E-state index contributed by atoms with van der Waals surface area (Å²) in [6.07, 6.45) is 1.62. The Hall–Kier alpha value is -2.21. The molecule has 1 aromatic carbocycles. The van der Waals surface area contributed by atoms with Crippen molar-refractivity contribution in [2.45, 2.75) is 19.5 Å². The van der Waals surface area contributed by atoms with Crippen molar-refractivity contribution in [2.24, 2.45) is 0 Å². The number of nitrogens with one attached hydrogen (secondary N) is 1. The Morgan fingerprint density at radius 3 is 2.74 bits per heavy atom. The fraction of sp³-hybridized carbons (Fsp3) is 0.308. The summed E-state index contributed by atoms with van der Waals surface area (Å²) < 4.78 is 1.57. The van der Waals surface area contributed by atoms with Gasteiger partial charge in [-0.3, -0.25) is 0 Å². The van der Waals surface area contributed by atoms with Gasteiger partial charge in [-0.05, 0) is 17.4 Å². The zero-order valence-electron chi connectivity index (χ0n) is 10.7. The average Bonchev–Trinajstić information content (AvgIpc) is 2.89. The Morgan fingerprint density at radius 2 is 2.11 bits per heavy atom. The molecular weight excluding hydrogens is 244 g/mol. The van der Waals surface area contributed by atoms with Gasteiger partial charge in [-0.2, -0.15) is 4.68 Å². The number of nitrogens with zero attached hydrogens (tertiary/aromatic N) is 3. The minimum absolute atomic E-state index is 0.115. The third-order valence-electron chi connectivity index (χ3n) is 2.90. The molecule has 0 saturated heterocycles. The van der Waals surface area contributed by atoms with E-state index in [0.717, 1.165) is 0 Å². The van der Waals surface area contributed by atoms with Crippen molar-refractivity contribution >= 4 is 5.82 Å². The van der Waals surface area contributed by atoms with Crippen LogP contribution in [0.4, 0.5) is 5.82 Å². The second kappa shape index (κ2) is 6.10. The molecule has 1 heterocycles. The summed E-state index contributed by atoms with van der Waals surface area (Å²) in [5, 5.41) is 17.7. The highest BCUT2D eigenvalue weighted by atomic mass is 16.6.